The molecule has 32 heavy (non-hydrogen) atoms. The molecule has 0 bridgehead atoms. The third-order valence-electron chi connectivity index (χ3n) is 6.29. The number of nitrogens with zero attached hydrogens (tertiary/aromatic N) is 5. The molecule has 166 valence electrons. The highest BCUT2D eigenvalue weighted by Gasteiger charge is 2.39. The summed E-state index contributed by atoms with van der Waals surface area (Å²) in [5, 5.41) is 24.8. The van der Waals surface area contributed by atoms with E-state index >= 15 is 0 Å². The number of carbonyl (C=O) groups is 2. The Labute approximate surface area is 182 Å². The Kier molecular flexibility index (Phi) is 4.81. The van der Waals surface area contributed by atoms with E-state index in [-0.39, 0.29) is 34.9 Å². The first-order chi connectivity index (χ1) is 15.3. The molecule has 0 atom stereocenters. The molecule has 1 aliphatic carbocycles. The van der Waals surface area contributed by atoms with Crippen molar-refractivity contribution < 1.29 is 19.8 Å². The van der Waals surface area contributed by atoms with Gasteiger partial charge in [0.2, 0.25) is 5.91 Å². The molecule has 2 fully saturated rings. The number of piperidine rings is 1. The lowest BCUT2D eigenvalue weighted by atomic mass is 9.91. The maximum Gasteiger partial charge on any atom is 0.335 e. The van der Waals surface area contributed by atoms with E-state index in [1.165, 1.54) is 33.9 Å². The summed E-state index contributed by atoms with van der Waals surface area (Å²) in [5.41, 5.74) is -0.527. The maximum atomic E-state index is 13.0. The average Bonchev–Trinajstić information content (AvgIpc) is 3.54. The van der Waals surface area contributed by atoms with Gasteiger partial charge in [-0.2, -0.15) is 5.10 Å². The van der Waals surface area contributed by atoms with Crippen LogP contribution in [0.4, 0.5) is 0 Å². The predicted octanol–water partition coefficient (Wildman–Crippen LogP) is 1.04. The molecule has 3 heterocycles. The van der Waals surface area contributed by atoms with E-state index in [1.807, 2.05) is 4.90 Å². The Morgan fingerprint density at radius 1 is 1.19 bits per heavy atom. The second kappa shape index (κ2) is 7.56. The molecule has 1 saturated heterocycles. The number of amides is 1. The number of benzene rings is 1. The van der Waals surface area contributed by atoms with Crippen LogP contribution >= 0.6 is 0 Å². The number of carboxylic acids is 1. The first kappa shape index (κ1) is 20.4. The first-order valence-corrected chi connectivity index (χ1v) is 10.6. The van der Waals surface area contributed by atoms with Crippen molar-refractivity contribution >= 4 is 22.9 Å². The van der Waals surface area contributed by atoms with Gasteiger partial charge in [-0.05, 0) is 43.9 Å². The molecule has 5 rings (SSSR count). The largest absolute Gasteiger partial charge is 0.478 e. The number of aliphatic hydroxyl groups is 1. The fourth-order valence-electron chi connectivity index (χ4n) is 4.23. The van der Waals surface area contributed by atoms with Gasteiger partial charge in [0.05, 0.1) is 29.6 Å². The highest BCUT2D eigenvalue weighted by atomic mass is 16.4. The SMILES string of the molecule is O=C(O)c1cccc(-n2ncc3c(=O)n(CC4(O)CCN(C(=O)C5CC5)CC4)cnc32)c1. The minimum atomic E-state index is -1.09. The van der Waals surface area contributed by atoms with E-state index in [9.17, 15) is 24.6 Å². The summed E-state index contributed by atoms with van der Waals surface area (Å²) >= 11 is 0. The third-order valence-corrected chi connectivity index (χ3v) is 6.29. The molecular weight excluding hydrogens is 414 g/mol. The van der Waals surface area contributed by atoms with Crippen LogP contribution in [0, 0.1) is 5.92 Å². The highest BCUT2D eigenvalue weighted by Crippen LogP contribution is 2.33. The molecule has 0 radical (unpaired) electrons. The lowest BCUT2D eigenvalue weighted by Crippen LogP contribution is -2.50. The summed E-state index contributed by atoms with van der Waals surface area (Å²) in [6.45, 7) is 1.04. The monoisotopic (exact) mass is 437 g/mol. The molecule has 1 aromatic carbocycles. The van der Waals surface area contributed by atoms with E-state index in [2.05, 4.69) is 10.1 Å². The second-order valence-electron chi connectivity index (χ2n) is 8.65. The normalized spacial score (nSPS) is 18.1. The standard InChI is InChI=1S/C22H23N5O5/c28-19(14-4-5-14)25-8-6-22(32,7-9-25)12-26-13-23-18-17(20(26)29)11-24-27(18)16-3-1-2-15(10-16)21(30)31/h1-3,10-11,13-14,32H,4-9,12H2,(H,30,31). The molecule has 2 aliphatic rings. The Hall–Kier alpha value is -3.53. The zero-order valence-corrected chi connectivity index (χ0v) is 17.3. The van der Waals surface area contributed by atoms with Gasteiger partial charge < -0.3 is 15.1 Å². The minimum absolute atomic E-state index is 0.0832. The summed E-state index contributed by atoms with van der Waals surface area (Å²) in [7, 11) is 0. The lowest BCUT2D eigenvalue weighted by Gasteiger charge is -2.38. The molecule has 10 heteroatoms. The van der Waals surface area contributed by atoms with E-state index in [0.29, 0.717) is 37.3 Å². The van der Waals surface area contributed by atoms with Crippen molar-refractivity contribution in [1.29, 1.82) is 0 Å². The minimum Gasteiger partial charge on any atom is -0.478 e. The summed E-state index contributed by atoms with van der Waals surface area (Å²) in [4.78, 5) is 42.7. The molecule has 10 nitrogen and oxygen atoms in total. The Morgan fingerprint density at radius 3 is 2.62 bits per heavy atom. The van der Waals surface area contributed by atoms with Gasteiger partial charge >= 0.3 is 5.97 Å². The van der Waals surface area contributed by atoms with Gasteiger partial charge in [-0.3, -0.25) is 14.2 Å². The van der Waals surface area contributed by atoms with Gasteiger partial charge in [-0.15, -0.1) is 0 Å². The summed E-state index contributed by atoms with van der Waals surface area (Å²) < 4.78 is 2.80. The number of fused-ring (bicyclic) bond motifs is 1. The molecule has 3 aromatic rings. The quantitative estimate of drug-likeness (QED) is 0.610. The van der Waals surface area contributed by atoms with E-state index in [1.54, 1.807) is 12.1 Å². The number of hydrogen-bond acceptors (Lipinski definition) is 6. The molecule has 0 unspecified atom stereocenters. The second-order valence-corrected chi connectivity index (χ2v) is 8.65. The number of aromatic carboxylic acids is 1. The van der Waals surface area contributed by atoms with Crippen LogP contribution < -0.4 is 5.56 Å². The Morgan fingerprint density at radius 2 is 1.94 bits per heavy atom. The molecular formula is C22H23N5O5. The van der Waals surface area contributed by atoms with Crippen molar-refractivity contribution in [2.75, 3.05) is 13.1 Å². The van der Waals surface area contributed by atoms with Crippen LogP contribution in [0.25, 0.3) is 16.7 Å². The van der Waals surface area contributed by atoms with Gasteiger partial charge in [0.15, 0.2) is 5.65 Å². The molecule has 1 amide bonds. The molecule has 2 aromatic heterocycles. The average molecular weight is 437 g/mol. The van der Waals surface area contributed by atoms with Crippen molar-refractivity contribution in [3.05, 3.63) is 52.7 Å². The molecule has 1 saturated carbocycles. The number of hydrogen-bond donors (Lipinski definition) is 2. The van der Waals surface area contributed by atoms with Gasteiger partial charge in [0, 0.05) is 19.0 Å². The maximum absolute atomic E-state index is 13.0. The predicted molar refractivity (Wildman–Crippen MR) is 114 cm³/mol. The van der Waals surface area contributed by atoms with Crippen LogP contribution in [-0.2, 0) is 11.3 Å². The van der Waals surface area contributed by atoms with Crippen LogP contribution in [0.3, 0.4) is 0 Å². The highest BCUT2D eigenvalue weighted by molar-refractivity contribution is 5.88. The van der Waals surface area contributed by atoms with Crippen molar-refractivity contribution in [3.63, 3.8) is 0 Å². The van der Waals surface area contributed by atoms with Crippen LogP contribution in [0.15, 0.2) is 41.6 Å². The number of likely N-dealkylation sites (tertiary alicyclic amines) is 1. The zero-order valence-electron chi connectivity index (χ0n) is 17.3. The van der Waals surface area contributed by atoms with Crippen molar-refractivity contribution in [2.45, 2.75) is 37.8 Å². The molecule has 2 N–H and O–H groups in total. The molecule has 1 aliphatic heterocycles. The Bertz CT molecular complexity index is 1270. The smallest absolute Gasteiger partial charge is 0.335 e. The van der Waals surface area contributed by atoms with Crippen molar-refractivity contribution in [3.8, 4) is 5.69 Å². The van der Waals surface area contributed by atoms with Crippen LogP contribution in [0.1, 0.15) is 36.0 Å². The van der Waals surface area contributed by atoms with Crippen LogP contribution in [0.2, 0.25) is 0 Å². The number of aromatic nitrogens is 4. The Balaban J connectivity index is 1.38. The molecule has 0 spiro atoms. The van der Waals surface area contributed by atoms with E-state index < -0.39 is 11.6 Å². The topological polar surface area (TPSA) is 131 Å². The van der Waals surface area contributed by atoms with Gasteiger partial charge in [0.1, 0.15) is 11.7 Å². The summed E-state index contributed by atoms with van der Waals surface area (Å²) in [6, 6.07) is 6.22. The number of carboxylic acid groups (broad SMARTS) is 1. The van der Waals surface area contributed by atoms with Gasteiger partial charge in [0.25, 0.3) is 5.56 Å². The van der Waals surface area contributed by atoms with E-state index in [4.69, 9.17) is 0 Å². The number of carbonyl (C=O) groups excluding carboxylic acids is 1. The third kappa shape index (κ3) is 3.66. The summed E-state index contributed by atoms with van der Waals surface area (Å²) in [5.74, 6) is -0.730. The first-order valence-electron chi connectivity index (χ1n) is 10.6. The van der Waals surface area contributed by atoms with Gasteiger partial charge in [-0.25, -0.2) is 14.5 Å². The van der Waals surface area contributed by atoms with Crippen LogP contribution in [0.5, 0.6) is 0 Å². The van der Waals surface area contributed by atoms with Crippen molar-refractivity contribution in [1.82, 2.24) is 24.2 Å². The van der Waals surface area contributed by atoms with Crippen molar-refractivity contribution in [2.24, 2.45) is 5.92 Å². The number of rotatable bonds is 5. The van der Waals surface area contributed by atoms with Gasteiger partial charge in [-0.1, -0.05) is 6.07 Å². The lowest BCUT2D eigenvalue weighted by molar-refractivity contribution is -0.137. The fraction of sp³-hybridized carbons (Fsp3) is 0.409. The van der Waals surface area contributed by atoms with Crippen LogP contribution in [-0.4, -0.2) is 65.0 Å². The fourth-order valence-corrected chi connectivity index (χ4v) is 4.23. The summed E-state index contributed by atoms with van der Waals surface area (Å²) in [6.07, 6.45) is 5.48. The zero-order chi connectivity index (χ0) is 22.5. The van der Waals surface area contributed by atoms with E-state index in [0.717, 1.165) is 12.8 Å².